The van der Waals surface area contributed by atoms with Gasteiger partial charge in [0.05, 0.1) is 18.8 Å². The lowest BCUT2D eigenvalue weighted by Crippen LogP contribution is -2.59. The van der Waals surface area contributed by atoms with E-state index in [1.54, 1.807) is 0 Å². The second kappa shape index (κ2) is 7.87. The van der Waals surface area contributed by atoms with E-state index in [0.717, 1.165) is 0 Å². The van der Waals surface area contributed by atoms with E-state index in [-0.39, 0.29) is 25.7 Å². The molecule has 6 atom stereocenters. The first-order valence-corrected chi connectivity index (χ1v) is 6.57. The molecule has 0 amide bonds. The summed E-state index contributed by atoms with van der Waals surface area (Å²) in [6.45, 7) is -0.517. The number of aliphatic hydroxyl groups is 5. The number of rotatable bonds is 7. The van der Waals surface area contributed by atoms with E-state index in [9.17, 15) is 25.2 Å². The van der Waals surface area contributed by atoms with Crippen molar-refractivity contribution in [1.29, 1.82) is 0 Å². The molecule has 0 radical (unpaired) electrons. The molecule has 1 aliphatic rings. The summed E-state index contributed by atoms with van der Waals surface area (Å²) in [6.07, 6.45) is -6.64. The minimum absolute atomic E-state index is 0.0128. The summed E-state index contributed by atoms with van der Waals surface area (Å²) in [4.78, 5) is 10.3. The lowest BCUT2D eigenvalue weighted by atomic mass is 9.91. The van der Waals surface area contributed by atoms with Gasteiger partial charge in [0, 0.05) is 12.8 Å². The van der Waals surface area contributed by atoms with Gasteiger partial charge in [0.25, 0.3) is 0 Å². The van der Waals surface area contributed by atoms with Gasteiger partial charge in [-0.3, -0.25) is 4.79 Å². The van der Waals surface area contributed by atoms with Crippen LogP contribution in [-0.2, 0) is 9.53 Å². The van der Waals surface area contributed by atoms with Gasteiger partial charge in [-0.05, 0) is 12.8 Å². The van der Waals surface area contributed by atoms with Crippen LogP contribution in [0.1, 0.15) is 25.7 Å². The van der Waals surface area contributed by atoms with E-state index in [0.29, 0.717) is 0 Å². The molecule has 0 aromatic heterocycles. The molecule has 20 heavy (non-hydrogen) atoms. The summed E-state index contributed by atoms with van der Waals surface area (Å²) in [6, 6.07) is 0. The second-order valence-corrected chi connectivity index (χ2v) is 5.04. The van der Waals surface area contributed by atoms with Gasteiger partial charge in [0.2, 0.25) is 0 Å². The average Bonchev–Trinajstić information content (AvgIpc) is 2.39. The number of hydrogen-bond acceptors (Lipinski definition) is 7. The molecule has 8 nitrogen and oxygen atoms in total. The van der Waals surface area contributed by atoms with Gasteiger partial charge in [-0.15, -0.1) is 0 Å². The van der Waals surface area contributed by atoms with Crippen molar-refractivity contribution in [2.75, 3.05) is 6.61 Å². The van der Waals surface area contributed by atoms with Crippen molar-refractivity contribution in [3.05, 3.63) is 0 Å². The molecular weight excluding hydrogens is 272 g/mol. The molecule has 6 N–H and O–H groups in total. The highest BCUT2D eigenvalue weighted by Gasteiger charge is 2.43. The number of aliphatic carboxylic acids is 1. The molecular formula is C12H22O8. The monoisotopic (exact) mass is 294 g/mol. The Morgan fingerprint density at radius 2 is 1.70 bits per heavy atom. The predicted octanol–water partition coefficient (Wildman–Crippen LogP) is -2.17. The quantitative estimate of drug-likeness (QED) is 0.311. The SMILES string of the molecule is O=C(O)CCCC(O)C[C@H]1O[C@H](CO)[C@@H](O)[C@H](O)[C@H]1O. The predicted molar refractivity (Wildman–Crippen MR) is 65.9 cm³/mol. The molecule has 1 saturated heterocycles. The molecule has 0 aliphatic carbocycles. The zero-order valence-corrected chi connectivity index (χ0v) is 11.0. The Hall–Kier alpha value is -0.770. The van der Waals surface area contributed by atoms with Crippen LogP contribution in [0.3, 0.4) is 0 Å². The van der Waals surface area contributed by atoms with Gasteiger partial charge in [-0.25, -0.2) is 0 Å². The lowest BCUT2D eigenvalue weighted by molar-refractivity contribution is -0.234. The highest BCUT2D eigenvalue weighted by Crippen LogP contribution is 2.24. The molecule has 1 unspecified atom stereocenters. The van der Waals surface area contributed by atoms with Crippen molar-refractivity contribution in [2.45, 2.75) is 62.3 Å². The summed E-state index contributed by atoms with van der Waals surface area (Å²) in [5.74, 6) is -0.954. The van der Waals surface area contributed by atoms with E-state index in [1.807, 2.05) is 0 Å². The molecule has 0 bridgehead atoms. The Bertz CT molecular complexity index is 308. The Balaban J connectivity index is 2.46. The van der Waals surface area contributed by atoms with Gasteiger partial charge in [0.1, 0.15) is 24.4 Å². The first-order chi connectivity index (χ1) is 9.36. The zero-order valence-electron chi connectivity index (χ0n) is 11.0. The Labute approximate surface area is 116 Å². The van der Waals surface area contributed by atoms with Crippen LogP contribution in [0, 0.1) is 0 Å². The normalized spacial score (nSPS) is 35.8. The third kappa shape index (κ3) is 4.65. The molecule has 0 saturated carbocycles. The summed E-state index contributed by atoms with van der Waals surface area (Å²) >= 11 is 0. The summed E-state index contributed by atoms with van der Waals surface area (Å²) in [5.41, 5.74) is 0. The van der Waals surface area contributed by atoms with Crippen LogP contribution < -0.4 is 0 Å². The number of ether oxygens (including phenoxy) is 1. The maximum atomic E-state index is 10.3. The van der Waals surface area contributed by atoms with E-state index in [4.69, 9.17) is 14.9 Å². The molecule has 1 aliphatic heterocycles. The van der Waals surface area contributed by atoms with E-state index >= 15 is 0 Å². The standard InChI is InChI=1S/C12H22O8/c13-5-8-11(18)12(19)10(17)7(20-8)4-6(14)2-1-3-9(15)16/h6-8,10-14,17-19H,1-5H2,(H,15,16)/t6?,7-,8-,10+,11-,12-/m1/s1. The largest absolute Gasteiger partial charge is 0.481 e. The van der Waals surface area contributed by atoms with E-state index < -0.39 is 49.2 Å². The minimum atomic E-state index is -1.46. The molecule has 1 heterocycles. The molecule has 1 fully saturated rings. The van der Waals surface area contributed by atoms with Crippen molar-refractivity contribution in [2.24, 2.45) is 0 Å². The summed E-state index contributed by atoms with van der Waals surface area (Å²) in [5, 5.41) is 56.2. The maximum absolute atomic E-state index is 10.3. The summed E-state index contributed by atoms with van der Waals surface area (Å²) in [7, 11) is 0. The van der Waals surface area contributed by atoms with Crippen LogP contribution >= 0.6 is 0 Å². The van der Waals surface area contributed by atoms with Gasteiger partial charge in [-0.1, -0.05) is 0 Å². The molecule has 8 heteroatoms. The van der Waals surface area contributed by atoms with Gasteiger partial charge < -0.3 is 35.4 Å². The van der Waals surface area contributed by atoms with Gasteiger partial charge in [0.15, 0.2) is 0 Å². The number of carboxylic acid groups (broad SMARTS) is 1. The van der Waals surface area contributed by atoms with Crippen LogP contribution in [0.15, 0.2) is 0 Å². The van der Waals surface area contributed by atoms with E-state index in [1.165, 1.54) is 0 Å². The molecule has 0 aromatic carbocycles. The molecule has 0 spiro atoms. The van der Waals surface area contributed by atoms with Crippen molar-refractivity contribution in [3.8, 4) is 0 Å². The first-order valence-electron chi connectivity index (χ1n) is 6.57. The minimum Gasteiger partial charge on any atom is -0.481 e. The van der Waals surface area contributed by atoms with Crippen molar-refractivity contribution >= 4 is 5.97 Å². The fraction of sp³-hybridized carbons (Fsp3) is 0.917. The van der Waals surface area contributed by atoms with Crippen LogP contribution in [0.2, 0.25) is 0 Å². The molecule has 118 valence electrons. The smallest absolute Gasteiger partial charge is 0.303 e. The Kier molecular flexibility index (Phi) is 6.80. The van der Waals surface area contributed by atoms with E-state index in [2.05, 4.69) is 0 Å². The van der Waals surface area contributed by atoms with Crippen LogP contribution in [0.5, 0.6) is 0 Å². The van der Waals surface area contributed by atoms with Crippen molar-refractivity contribution < 1.29 is 40.2 Å². The maximum Gasteiger partial charge on any atom is 0.303 e. The van der Waals surface area contributed by atoms with Crippen molar-refractivity contribution in [1.82, 2.24) is 0 Å². The second-order valence-electron chi connectivity index (χ2n) is 5.04. The van der Waals surface area contributed by atoms with Crippen molar-refractivity contribution in [3.63, 3.8) is 0 Å². The fourth-order valence-electron chi connectivity index (χ4n) is 2.25. The van der Waals surface area contributed by atoms with Gasteiger partial charge >= 0.3 is 5.97 Å². The number of carboxylic acids is 1. The topological polar surface area (TPSA) is 148 Å². The highest BCUT2D eigenvalue weighted by atomic mass is 16.5. The highest BCUT2D eigenvalue weighted by molar-refractivity contribution is 5.66. The molecule has 0 aromatic rings. The third-order valence-electron chi connectivity index (χ3n) is 3.42. The van der Waals surface area contributed by atoms with Crippen LogP contribution in [0.4, 0.5) is 0 Å². The number of carbonyl (C=O) groups is 1. The zero-order chi connectivity index (χ0) is 15.3. The fourth-order valence-corrected chi connectivity index (χ4v) is 2.25. The number of aliphatic hydroxyl groups excluding tert-OH is 5. The Morgan fingerprint density at radius 3 is 2.25 bits per heavy atom. The third-order valence-corrected chi connectivity index (χ3v) is 3.42. The van der Waals surface area contributed by atoms with Crippen LogP contribution in [-0.4, -0.2) is 79.8 Å². The average molecular weight is 294 g/mol. The van der Waals surface area contributed by atoms with Gasteiger partial charge in [-0.2, -0.15) is 0 Å². The summed E-state index contributed by atoms with van der Waals surface area (Å²) < 4.78 is 5.24. The number of hydrogen-bond donors (Lipinski definition) is 6. The lowest BCUT2D eigenvalue weighted by Gasteiger charge is -2.40. The molecule has 1 rings (SSSR count). The Morgan fingerprint density at radius 1 is 1.10 bits per heavy atom. The first kappa shape index (κ1) is 17.3. The van der Waals surface area contributed by atoms with Crippen LogP contribution in [0.25, 0.3) is 0 Å².